The molecule has 12 nitrogen and oxygen atoms in total. The first-order valence-electron chi connectivity index (χ1n) is 12.5. The number of anilines is 1. The van der Waals surface area contributed by atoms with E-state index in [1.807, 2.05) is 52.4 Å². The summed E-state index contributed by atoms with van der Waals surface area (Å²) in [5.41, 5.74) is 20.5. The van der Waals surface area contributed by atoms with E-state index in [1.54, 1.807) is 36.4 Å². The summed E-state index contributed by atoms with van der Waals surface area (Å²) >= 11 is 0. The van der Waals surface area contributed by atoms with Crippen LogP contribution in [0.15, 0.2) is 100 Å². The number of likely N-dealkylation sites (N-methyl/N-ethyl adjacent to an activating group) is 1. The molecule has 3 aromatic carbocycles. The highest BCUT2D eigenvalue weighted by atomic mass is 32.2. The lowest BCUT2D eigenvalue weighted by atomic mass is 10.1. The van der Waals surface area contributed by atoms with E-state index in [-0.39, 0.29) is 11.7 Å². The predicted octanol–water partition coefficient (Wildman–Crippen LogP) is 2.70. The highest BCUT2D eigenvalue weighted by Crippen LogP contribution is 2.28. The third-order valence-electron chi connectivity index (χ3n) is 6.10. The average Bonchev–Trinajstić information content (AvgIpc) is 2.94. The van der Waals surface area contributed by atoms with Gasteiger partial charge in [0.1, 0.15) is 21.8 Å². The fraction of sp³-hybridized carbons (Fsp3) is 0.185. The third kappa shape index (κ3) is 7.51. The van der Waals surface area contributed by atoms with Gasteiger partial charge in [-0.1, -0.05) is 79.7 Å². The Morgan fingerprint density at radius 1 is 0.780 bits per heavy atom. The molecular formula is C27H34N6O6S2. The van der Waals surface area contributed by atoms with E-state index in [0.717, 1.165) is 30.4 Å². The lowest BCUT2D eigenvalue weighted by molar-refractivity contribution is -0.0573. The lowest BCUT2D eigenvalue weighted by Gasteiger charge is -2.49. The maximum absolute atomic E-state index is 11.5. The summed E-state index contributed by atoms with van der Waals surface area (Å²) in [6, 6.07) is 22.3. The maximum atomic E-state index is 11.5. The monoisotopic (exact) mass is 602 g/mol. The molecule has 1 unspecified atom stereocenters. The maximum Gasteiger partial charge on any atom is 0.296 e. The van der Waals surface area contributed by atoms with Crippen LogP contribution in [0.2, 0.25) is 0 Å². The molecule has 0 aliphatic carbocycles. The number of benzene rings is 3. The molecule has 0 spiro atoms. The van der Waals surface area contributed by atoms with E-state index < -0.39 is 30.0 Å². The van der Waals surface area contributed by atoms with Crippen molar-refractivity contribution < 1.29 is 25.9 Å². The quantitative estimate of drug-likeness (QED) is 0.196. The summed E-state index contributed by atoms with van der Waals surface area (Å²) in [6.45, 7) is 5.61. The molecule has 1 aliphatic rings. The highest BCUT2D eigenvalue weighted by molar-refractivity contribution is 7.89. The molecule has 0 aromatic heterocycles. The molecule has 4 rings (SSSR count). The van der Waals surface area contributed by atoms with Crippen molar-refractivity contribution in [1.82, 2.24) is 10.1 Å². The Morgan fingerprint density at radius 3 is 1.88 bits per heavy atom. The van der Waals surface area contributed by atoms with Crippen LogP contribution in [0.3, 0.4) is 0 Å². The third-order valence-corrected chi connectivity index (χ3v) is 8.10. The van der Waals surface area contributed by atoms with Gasteiger partial charge in [-0.2, -0.15) is 16.8 Å². The topological polar surface area (TPSA) is 197 Å². The van der Waals surface area contributed by atoms with Gasteiger partial charge >= 0.3 is 0 Å². The Hall–Kier alpha value is -3.76. The number of hydrogen-bond donors (Lipinski definition) is 5. The zero-order valence-electron chi connectivity index (χ0n) is 22.6. The molecule has 0 saturated carbocycles. The Kier molecular flexibility index (Phi) is 10.3. The van der Waals surface area contributed by atoms with Gasteiger partial charge in [0.05, 0.1) is 11.4 Å². The first-order valence-corrected chi connectivity index (χ1v) is 15.4. The van der Waals surface area contributed by atoms with Gasteiger partial charge in [-0.05, 0) is 36.2 Å². The van der Waals surface area contributed by atoms with Crippen molar-refractivity contribution >= 4 is 38.1 Å². The molecule has 1 heterocycles. The number of nitrogens with zero attached hydrogens (tertiary/aromatic N) is 3. The molecule has 3 aromatic rings. The van der Waals surface area contributed by atoms with Crippen LogP contribution >= 0.6 is 0 Å². The van der Waals surface area contributed by atoms with E-state index in [1.165, 1.54) is 18.2 Å². The van der Waals surface area contributed by atoms with Crippen molar-refractivity contribution in [2.45, 2.75) is 29.8 Å². The second-order valence-electron chi connectivity index (χ2n) is 8.75. The van der Waals surface area contributed by atoms with Gasteiger partial charge in [-0.3, -0.25) is 9.11 Å². The van der Waals surface area contributed by atoms with E-state index in [9.17, 15) is 21.4 Å². The van der Waals surface area contributed by atoms with E-state index >= 15 is 0 Å². The van der Waals surface area contributed by atoms with E-state index in [4.69, 9.17) is 21.8 Å². The van der Waals surface area contributed by atoms with Gasteiger partial charge in [-0.25, -0.2) is 10.0 Å². The van der Waals surface area contributed by atoms with Crippen LogP contribution in [0.1, 0.15) is 25.0 Å². The summed E-state index contributed by atoms with van der Waals surface area (Å²) in [4.78, 5) is -1.73. The SMILES string of the molecule is CCN1C(N)C(N)=C(N)N(c2ccccc2)N1CC.O=S(=O)(O)c1cccc(C=Cc2ccccc2)c1S(=O)(=O)O. The van der Waals surface area contributed by atoms with Crippen molar-refractivity contribution in [3.05, 3.63) is 102 Å². The zero-order valence-corrected chi connectivity index (χ0v) is 24.2. The van der Waals surface area contributed by atoms with Gasteiger partial charge < -0.3 is 17.2 Å². The molecule has 41 heavy (non-hydrogen) atoms. The standard InChI is InChI=1S/C14H12O6S2.C13H22N6/c15-21(16,17)13-8-4-7-12(14(13)22(18,19)20)10-9-11-5-2-1-3-6-11;1-3-17-12(15)11(14)13(16)19(18(17)4-2)10-8-6-5-7-9-10/h1-10H,(H,15,16,17)(H,18,19,20);5-9,12H,3-4,14-16H2,1-2H3. The fourth-order valence-electron chi connectivity index (χ4n) is 4.24. The van der Waals surface area contributed by atoms with Gasteiger partial charge in [0.15, 0.2) is 0 Å². The molecule has 8 N–H and O–H groups in total. The van der Waals surface area contributed by atoms with Crippen molar-refractivity contribution in [3.63, 3.8) is 0 Å². The molecule has 0 radical (unpaired) electrons. The second kappa shape index (κ2) is 13.3. The molecule has 1 aliphatic heterocycles. The minimum Gasteiger partial charge on any atom is -0.397 e. The van der Waals surface area contributed by atoms with Crippen molar-refractivity contribution in [1.29, 1.82) is 0 Å². The number of rotatable bonds is 7. The van der Waals surface area contributed by atoms with Crippen LogP contribution in [-0.2, 0) is 20.2 Å². The molecule has 220 valence electrons. The van der Waals surface area contributed by atoms with Crippen LogP contribution in [0.25, 0.3) is 12.2 Å². The Balaban J connectivity index is 0.000000228. The summed E-state index contributed by atoms with van der Waals surface area (Å²) in [5.74, 6) is 0.491. The van der Waals surface area contributed by atoms with Crippen molar-refractivity contribution in [3.8, 4) is 0 Å². The minimum absolute atomic E-state index is 0.0542. The molecule has 0 amide bonds. The summed E-state index contributed by atoms with van der Waals surface area (Å²) in [5, 5.41) is 5.92. The van der Waals surface area contributed by atoms with Crippen LogP contribution in [0.4, 0.5) is 5.69 Å². The van der Waals surface area contributed by atoms with E-state index in [2.05, 4.69) is 6.92 Å². The molecule has 14 heteroatoms. The van der Waals surface area contributed by atoms with Crippen LogP contribution in [0, 0.1) is 0 Å². The van der Waals surface area contributed by atoms with Gasteiger partial charge in [-0.15, -0.1) is 5.12 Å². The summed E-state index contributed by atoms with van der Waals surface area (Å²) in [7, 11) is -9.64. The fourth-order valence-corrected chi connectivity index (χ4v) is 6.23. The number of hydrogen-bond acceptors (Lipinski definition) is 10. The van der Waals surface area contributed by atoms with Gasteiger partial charge in [0.25, 0.3) is 20.2 Å². The first-order chi connectivity index (χ1) is 19.3. The largest absolute Gasteiger partial charge is 0.397 e. The van der Waals surface area contributed by atoms with Gasteiger partial charge in [0.2, 0.25) is 0 Å². The minimum atomic E-state index is -4.84. The molecule has 0 bridgehead atoms. The first kappa shape index (κ1) is 31.8. The summed E-state index contributed by atoms with van der Waals surface area (Å²) < 4.78 is 63.9. The van der Waals surface area contributed by atoms with Crippen LogP contribution in [-0.4, -0.2) is 55.3 Å². The van der Waals surface area contributed by atoms with Crippen LogP contribution < -0.4 is 22.2 Å². The van der Waals surface area contributed by atoms with Gasteiger partial charge in [0, 0.05) is 13.1 Å². The average molecular weight is 603 g/mol. The van der Waals surface area contributed by atoms with Crippen LogP contribution in [0.5, 0.6) is 0 Å². The Morgan fingerprint density at radius 2 is 1.37 bits per heavy atom. The highest BCUT2D eigenvalue weighted by Gasteiger charge is 2.35. The van der Waals surface area contributed by atoms with Crippen molar-refractivity contribution in [2.75, 3.05) is 18.1 Å². The Bertz CT molecular complexity index is 1610. The number of nitrogens with two attached hydrogens (primary N) is 3. The molecule has 0 fully saturated rings. The predicted molar refractivity (Wildman–Crippen MR) is 158 cm³/mol. The normalized spacial score (nSPS) is 17.0. The molecular weight excluding hydrogens is 568 g/mol. The zero-order chi connectivity index (χ0) is 30.4. The Labute approximate surface area is 240 Å². The smallest absolute Gasteiger partial charge is 0.296 e. The number of para-hydroxylation sites is 1. The van der Waals surface area contributed by atoms with Crippen molar-refractivity contribution in [2.24, 2.45) is 17.2 Å². The lowest BCUT2D eigenvalue weighted by Crippen LogP contribution is -2.65. The summed E-state index contributed by atoms with van der Waals surface area (Å²) in [6.07, 6.45) is 2.51. The van der Waals surface area contributed by atoms with E-state index in [0.29, 0.717) is 11.5 Å². The second-order valence-corrected chi connectivity index (χ2v) is 11.5. The molecule has 1 atom stereocenters. The molecule has 0 saturated heterocycles. The number of hydrazine groups is 2.